The highest BCUT2D eigenvalue weighted by molar-refractivity contribution is 5.90. The largest absolute Gasteiger partial charge is 0.338 e. The predicted octanol–water partition coefficient (Wildman–Crippen LogP) is 2.35. The van der Waals surface area contributed by atoms with Crippen molar-refractivity contribution in [3.05, 3.63) is 35.9 Å². The van der Waals surface area contributed by atoms with Crippen LogP contribution >= 0.6 is 0 Å². The van der Waals surface area contributed by atoms with E-state index in [4.69, 9.17) is 5.21 Å². The fraction of sp³-hybridized carbons (Fsp3) is 0.529. The number of nitrogens with one attached hydrogen (secondary N) is 1. The van der Waals surface area contributed by atoms with Gasteiger partial charge in [-0.2, -0.15) is 0 Å². The monoisotopic (exact) mass is 304 g/mol. The van der Waals surface area contributed by atoms with Gasteiger partial charge in [0.2, 0.25) is 11.8 Å². The van der Waals surface area contributed by atoms with Crippen molar-refractivity contribution < 1.29 is 14.8 Å². The molecule has 1 heterocycles. The molecular weight excluding hydrogens is 280 g/mol. The highest BCUT2D eigenvalue weighted by Crippen LogP contribution is 2.41. The summed E-state index contributed by atoms with van der Waals surface area (Å²) in [5.74, 6) is -0.156. The Bertz CT molecular complexity index is 530. The van der Waals surface area contributed by atoms with Crippen LogP contribution < -0.4 is 5.48 Å². The van der Waals surface area contributed by atoms with Gasteiger partial charge in [-0.05, 0) is 24.3 Å². The van der Waals surface area contributed by atoms with E-state index in [0.717, 1.165) is 5.56 Å². The molecule has 1 aromatic rings. The molecule has 1 aliphatic heterocycles. The first-order chi connectivity index (χ1) is 10.5. The summed E-state index contributed by atoms with van der Waals surface area (Å²) in [6.07, 6.45) is 1.36. The zero-order valence-electron chi connectivity index (χ0n) is 13.2. The molecule has 1 aliphatic rings. The summed E-state index contributed by atoms with van der Waals surface area (Å²) in [6.45, 7) is 5.32. The molecule has 2 amide bonds. The summed E-state index contributed by atoms with van der Waals surface area (Å²) in [5.41, 5.74) is 2.07. The van der Waals surface area contributed by atoms with E-state index in [1.165, 1.54) is 0 Å². The van der Waals surface area contributed by atoms with Crippen LogP contribution in [-0.4, -0.2) is 28.5 Å². The van der Waals surface area contributed by atoms with Crippen LogP contribution in [0.3, 0.4) is 0 Å². The summed E-state index contributed by atoms with van der Waals surface area (Å²) in [5, 5.41) is 8.81. The summed E-state index contributed by atoms with van der Waals surface area (Å²) in [4.78, 5) is 26.3. The molecule has 5 nitrogen and oxygen atoms in total. The summed E-state index contributed by atoms with van der Waals surface area (Å²) in [7, 11) is 0. The van der Waals surface area contributed by atoms with Gasteiger partial charge in [-0.25, -0.2) is 5.48 Å². The second-order valence-electron chi connectivity index (χ2n) is 6.55. The molecule has 2 N–H and O–H groups in total. The topological polar surface area (TPSA) is 69.6 Å². The molecule has 1 atom stereocenters. The first-order valence-corrected chi connectivity index (χ1v) is 7.73. The Morgan fingerprint density at radius 1 is 1.36 bits per heavy atom. The van der Waals surface area contributed by atoms with Gasteiger partial charge in [-0.15, -0.1) is 0 Å². The Kier molecular flexibility index (Phi) is 5.19. The number of hydrogen-bond donors (Lipinski definition) is 2. The molecule has 1 unspecified atom stereocenters. The highest BCUT2D eigenvalue weighted by Gasteiger charge is 2.47. The van der Waals surface area contributed by atoms with Crippen LogP contribution in [0, 0.1) is 11.3 Å². The zero-order chi connectivity index (χ0) is 16.2. The average molecular weight is 304 g/mol. The maximum Gasteiger partial charge on any atom is 0.244 e. The van der Waals surface area contributed by atoms with Crippen LogP contribution in [-0.2, 0) is 16.1 Å². The Balaban J connectivity index is 2.15. The molecule has 0 aliphatic carbocycles. The molecular formula is C17H24N2O3. The number of carbonyl (C=O) groups excluding carboxylic acids is 2. The Labute approximate surface area is 131 Å². The fourth-order valence-electron chi connectivity index (χ4n) is 3.40. The molecule has 0 bridgehead atoms. The number of hydrogen-bond acceptors (Lipinski definition) is 3. The van der Waals surface area contributed by atoms with E-state index in [0.29, 0.717) is 31.8 Å². The number of hydroxylamine groups is 1. The van der Waals surface area contributed by atoms with Gasteiger partial charge in [0, 0.05) is 19.5 Å². The molecule has 0 aromatic heterocycles. The van der Waals surface area contributed by atoms with Gasteiger partial charge < -0.3 is 4.90 Å². The molecule has 1 aromatic carbocycles. The minimum Gasteiger partial charge on any atom is -0.338 e. The zero-order valence-corrected chi connectivity index (χ0v) is 13.2. The summed E-state index contributed by atoms with van der Waals surface area (Å²) >= 11 is 0. The molecule has 1 fully saturated rings. The number of likely N-dealkylation sites (tertiary alicyclic amines) is 1. The normalized spacial score (nSPS) is 21.5. The van der Waals surface area contributed by atoms with Crippen molar-refractivity contribution in [1.29, 1.82) is 0 Å². The van der Waals surface area contributed by atoms with Crippen LogP contribution in [0.1, 0.15) is 38.7 Å². The first-order valence-electron chi connectivity index (χ1n) is 7.73. The van der Waals surface area contributed by atoms with E-state index < -0.39 is 11.3 Å². The molecule has 0 spiro atoms. The maximum atomic E-state index is 12.9. The van der Waals surface area contributed by atoms with Crippen molar-refractivity contribution in [3.63, 3.8) is 0 Å². The van der Waals surface area contributed by atoms with Gasteiger partial charge in [0.15, 0.2) is 0 Å². The van der Waals surface area contributed by atoms with Crippen molar-refractivity contribution in [2.75, 3.05) is 6.54 Å². The average Bonchev–Trinajstić information content (AvgIpc) is 2.77. The third-order valence-corrected chi connectivity index (χ3v) is 4.24. The van der Waals surface area contributed by atoms with E-state index in [1.807, 2.05) is 49.1 Å². The second kappa shape index (κ2) is 6.92. The van der Waals surface area contributed by atoms with Gasteiger partial charge in [0.1, 0.15) is 0 Å². The number of nitrogens with zero attached hydrogens (tertiary/aromatic N) is 1. The smallest absolute Gasteiger partial charge is 0.244 e. The first kappa shape index (κ1) is 16.5. The summed E-state index contributed by atoms with van der Waals surface area (Å²) in [6, 6.07) is 9.85. The van der Waals surface area contributed by atoms with Crippen molar-refractivity contribution in [3.8, 4) is 0 Å². The van der Waals surface area contributed by atoms with Crippen LogP contribution in [0.4, 0.5) is 0 Å². The predicted molar refractivity (Wildman–Crippen MR) is 82.9 cm³/mol. The van der Waals surface area contributed by atoms with E-state index >= 15 is 0 Å². The van der Waals surface area contributed by atoms with Gasteiger partial charge in [-0.1, -0.05) is 44.2 Å². The van der Waals surface area contributed by atoms with Crippen LogP contribution in [0.5, 0.6) is 0 Å². The minimum absolute atomic E-state index is 0.0219. The molecule has 120 valence electrons. The third kappa shape index (κ3) is 3.65. The van der Waals surface area contributed by atoms with Gasteiger partial charge in [0.05, 0.1) is 5.41 Å². The lowest BCUT2D eigenvalue weighted by Crippen LogP contribution is -2.39. The lowest BCUT2D eigenvalue weighted by Gasteiger charge is -2.28. The van der Waals surface area contributed by atoms with Crippen molar-refractivity contribution >= 4 is 11.8 Å². The van der Waals surface area contributed by atoms with Crippen molar-refractivity contribution in [2.24, 2.45) is 11.3 Å². The molecule has 0 saturated carbocycles. The van der Waals surface area contributed by atoms with Gasteiger partial charge in [0.25, 0.3) is 0 Å². The third-order valence-electron chi connectivity index (χ3n) is 4.24. The molecule has 22 heavy (non-hydrogen) atoms. The summed E-state index contributed by atoms with van der Waals surface area (Å²) < 4.78 is 0. The fourth-order valence-corrected chi connectivity index (χ4v) is 3.40. The molecule has 1 saturated heterocycles. The van der Waals surface area contributed by atoms with Gasteiger partial charge in [-0.3, -0.25) is 14.8 Å². The Hall–Kier alpha value is -1.88. The number of benzene rings is 1. The Morgan fingerprint density at radius 3 is 2.64 bits per heavy atom. The lowest BCUT2D eigenvalue weighted by molar-refractivity contribution is -0.143. The lowest BCUT2D eigenvalue weighted by atomic mass is 9.76. The van der Waals surface area contributed by atoms with E-state index in [9.17, 15) is 9.59 Å². The number of rotatable bonds is 6. The minimum atomic E-state index is -0.685. The van der Waals surface area contributed by atoms with E-state index in [2.05, 4.69) is 0 Å². The number of amides is 2. The molecule has 0 radical (unpaired) electrons. The van der Waals surface area contributed by atoms with Gasteiger partial charge >= 0.3 is 0 Å². The van der Waals surface area contributed by atoms with E-state index in [1.54, 1.807) is 5.48 Å². The molecule has 5 heteroatoms. The van der Waals surface area contributed by atoms with Crippen LogP contribution in [0.25, 0.3) is 0 Å². The van der Waals surface area contributed by atoms with E-state index in [-0.39, 0.29) is 12.3 Å². The Morgan fingerprint density at radius 2 is 2.05 bits per heavy atom. The van der Waals surface area contributed by atoms with Crippen LogP contribution in [0.2, 0.25) is 0 Å². The van der Waals surface area contributed by atoms with Crippen molar-refractivity contribution in [2.45, 2.75) is 39.7 Å². The SMILES string of the molecule is CC(C)CC1(CC(=O)NO)CCN(Cc2ccccc2)C1=O. The maximum absolute atomic E-state index is 12.9. The second-order valence-corrected chi connectivity index (χ2v) is 6.55. The van der Waals surface area contributed by atoms with Crippen LogP contribution in [0.15, 0.2) is 30.3 Å². The molecule has 2 rings (SSSR count). The highest BCUT2D eigenvalue weighted by atomic mass is 16.5. The quantitative estimate of drug-likeness (QED) is 0.626. The number of carbonyl (C=O) groups is 2. The van der Waals surface area contributed by atoms with Crippen molar-refractivity contribution in [1.82, 2.24) is 10.4 Å². The standard InChI is InChI=1S/C17H24N2O3/c1-13(2)10-17(11-15(20)18-22)8-9-19(16(17)21)12-14-6-4-3-5-7-14/h3-7,13,22H,8-12H2,1-2H3,(H,18,20).